The molecule has 0 aliphatic rings. The Bertz CT molecular complexity index is 852. The lowest BCUT2D eigenvalue weighted by atomic mass is 10.0. The lowest BCUT2D eigenvalue weighted by Gasteiger charge is -2.02. The number of benzene rings is 2. The number of hydrogen-bond acceptors (Lipinski definition) is 2. The van der Waals surface area contributed by atoms with E-state index in [0.717, 1.165) is 45.8 Å². The van der Waals surface area contributed by atoms with Crippen molar-refractivity contribution in [1.82, 2.24) is 4.98 Å². The zero-order chi connectivity index (χ0) is 17.8. The highest BCUT2D eigenvalue weighted by Gasteiger charge is 2.07. The van der Waals surface area contributed by atoms with Crippen LogP contribution in [0.4, 0.5) is 0 Å². The molecule has 3 aromatic rings. The number of carboxylic acid groups (broad SMARTS) is 2. The second-order valence-electron chi connectivity index (χ2n) is 6.38. The van der Waals surface area contributed by atoms with Crippen LogP contribution in [0.3, 0.4) is 0 Å². The number of fused-ring (bicyclic) bond motifs is 3. The van der Waals surface area contributed by atoms with Gasteiger partial charge in [-0.15, -0.1) is 0 Å². The highest BCUT2D eigenvalue weighted by atomic mass is 16.4. The number of hydrogen-bond donors (Lipinski definition) is 3. The summed E-state index contributed by atoms with van der Waals surface area (Å²) in [4.78, 5) is 24.7. The maximum atomic E-state index is 10.7. The van der Waals surface area contributed by atoms with Crippen LogP contribution in [-0.4, -0.2) is 27.1 Å². The fourth-order valence-corrected chi connectivity index (χ4v) is 3.19. The number of aryl methyl sites for hydroxylation is 2. The van der Waals surface area contributed by atoms with Crippen molar-refractivity contribution >= 4 is 33.7 Å². The quantitative estimate of drug-likeness (QED) is 0.575. The van der Waals surface area contributed by atoms with Crippen molar-refractivity contribution in [2.75, 3.05) is 0 Å². The summed E-state index contributed by atoms with van der Waals surface area (Å²) < 4.78 is 0. The van der Waals surface area contributed by atoms with Gasteiger partial charge in [-0.3, -0.25) is 9.59 Å². The molecule has 0 radical (unpaired) electrons. The molecule has 3 N–H and O–H groups in total. The minimum Gasteiger partial charge on any atom is -0.481 e. The molecule has 0 bridgehead atoms. The molecule has 2 aromatic carbocycles. The van der Waals surface area contributed by atoms with Crippen LogP contribution in [0.15, 0.2) is 36.4 Å². The highest BCUT2D eigenvalue weighted by molar-refractivity contribution is 6.07. The lowest BCUT2D eigenvalue weighted by Crippen LogP contribution is -1.96. The van der Waals surface area contributed by atoms with E-state index < -0.39 is 11.9 Å². The summed E-state index contributed by atoms with van der Waals surface area (Å²) in [5.74, 6) is -1.53. The van der Waals surface area contributed by atoms with Gasteiger partial charge in [0.25, 0.3) is 0 Å². The normalized spacial score (nSPS) is 11.2. The zero-order valence-corrected chi connectivity index (χ0v) is 13.9. The maximum absolute atomic E-state index is 10.7. The molecule has 3 rings (SSSR count). The molecular weight excluding hydrogens is 318 g/mol. The summed E-state index contributed by atoms with van der Waals surface area (Å²) in [6, 6.07) is 12.4. The molecule has 0 spiro atoms. The van der Waals surface area contributed by atoms with Crippen LogP contribution in [0.2, 0.25) is 0 Å². The van der Waals surface area contributed by atoms with Gasteiger partial charge in [-0.25, -0.2) is 0 Å². The fraction of sp³-hybridized carbons (Fsp3) is 0.300. The Kier molecular flexibility index (Phi) is 5.03. The average Bonchev–Trinajstić information content (AvgIpc) is 2.92. The summed E-state index contributed by atoms with van der Waals surface area (Å²) in [6.07, 6.45) is 3.10. The van der Waals surface area contributed by atoms with Crippen molar-refractivity contribution in [2.45, 2.75) is 38.5 Å². The van der Waals surface area contributed by atoms with Crippen molar-refractivity contribution in [3.8, 4) is 0 Å². The predicted octanol–water partition coefficient (Wildman–Crippen LogP) is 4.14. The van der Waals surface area contributed by atoms with Gasteiger partial charge in [-0.05, 0) is 61.1 Å². The molecule has 0 saturated heterocycles. The number of aromatic nitrogens is 1. The van der Waals surface area contributed by atoms with Gasteiger partial charge in [0, 0.05) is 34.6 Å². The first-order chi connectivity index (χ1) is 12.0. The molecule has 0 unspecified atom stereocenters. The van der Waals surface area contributed by atoms with Gasteiger partial charge in [0.15, 0.2) is 0 Å². The number of rotatable bonds is 8. The lowest BCUT2D eigenvalue weighted by molar-refractivity contribution is -0.138. The summed E-state index contributed by atoms with van der Waals surface area (Å²) in [5, 5.41) is 19.8. The molecular formula is C20H21NO4. The summed E-state index contributed by atoms with van der Waals surface area (Å²) in [7, 11) is 0. The second-order valence-corrected chi connectivity index (χ2v) is 6.38. The SMILES string of the molecule is O=C(O)CCCc1ccc2[nH]c3ccc(CCCC(=O)O)cc3c2c1. The summed E-state index contributed by atoms with van der Waals surface area (Å²) in [5.41, 5.74) is 4.37. The smallest absolute Gasteiger partial charge is 0.303 e. The number of carboxylic acids is 2. The van der Waals surface area contributed by atoms with E-state index in [1.807, 2.05) is 24.3 Å². The molecule has 25 heavy (non-hydrogen) atoms. The molecule has 1 aromatic heterocycles. The van der Waals surface area contributed by atoms with Crippen LogP contribution < -0.4 is 0 Å². The molecule has 130 valence electrons. The molecule has 1 heterocycles. The van der Waals surface area contributed by atoms with Gasteiger partial charge < -0.3 is 15.2 Å². The minimum atomic E-state index is -0.765. The third kappa shape index (κ3) is 4.18. The van der Waals surface area contributed by atoms with E-state index in [1.54, 1.807) is 0 Å². The molecule has 0 amide bonds. The van der Waals surface area contributed by atoms with E-state index in [9.17, 15) is 9.59 Å². The van der Waals surface area contributed by atoms with E-state index >= 15 is 0 Å². The number of nitrogens with one attached hydrogen (secondary N) is 1. The van der Waals surface area contributed by atoms with Crippen LogP contribution in [0.1, 0.15) is 36.8 Å². The Morgan fingerprint density at radius 1 is 0.760 bits per heavy atom. The third-order valence-corrected chi connectivity index (χ3v) is 4.44. The summed E-state index contributed by atoms with van der Waals surface area (Å²) in [6.45, 7) is 0. The minimum absolute atomic E-state index is 0.180. The standard InChI is InChI=1S/C20H21NO4/c22-19(23)5-1-3-13-7-9-17-15(11-13)16-12-14(4-2-6-20(24)25)8-10-18(16)21-17/h7-12,21H,1-6H2,(H,22,23)(H,24,25). The third-order valence-electron chi connectivity index (χ3n) is 4.44. The Balaban J connectivity index is 1.84. The second kappa shape index (κ2) is 7.38. The van der Waals surface area contributed by atoms with E-state index in [1.165, 1.54) is 0 Å². The molecule has 0 saturated carbocycles. The van der Waals surface area contributed by atoms with Crippen molar-refractivity contribution in [1.29, 1.82) is 0 Å². The van der Waals surface area contributed by atoms with Gasteiger partial charge in [-0.2, -0.15) is 0 Å². The van der Waals surface area contributed by atoms with Gasteiger partial charge in [-0.1, -0.05) is 12.1 Å². The number of carbonyl (C=O) groups is 2. The predicted molar refractivity (Wildman–Crippen MR) is 97.0 cm³/mol. The van der Waals surface area contributed by atoms with Crippen LogP contribution in [0, 0.1) is 0 Å². The average molecular weight is 339 g/mol. The molecule has 5 heteroatoms. The van der Waals surface area contributed by atoms with Crippen LogP contribution in [0.25, 0.3) is 21.8 Å². The fourth-order valence-electron chi connectivity index (χ4n) is 3.19. The first-order valence-corrected chi connectivity index (χ1v) is 8.50. The Labute approximate surface area is 145 Å². The number of aliphatic carboxylic acids is 2. The molecule has 5 nitrogen and oxygen atoms in total. The summed E-state index contributed by atoms with van der Waals surface area (Å²) >= 11 is 0. The molecule has 0 aliphatic carbocycles. The largest absolute Gasteiger partial charge is 0.481 e. The zero-order valence-electron chi connectivity index (χ0n) is 13.9. The monoisotopic (exact) mass is 339 g/mol. The van der Waals surface area contributed by atoms with Crippen LogP contribution in [0.5, 0.6) is 0 Å². The first kappa shape index (κ1) is 17.0. The van der Waals surface area contributed by atoms with Crippen LogP contribution >= 0.6 is 0 Å². The van der Waals surface area contributed by atoms with E-state index in [4.69, 9.17) is 10.2 Å². The molecule has 0 fully saturated rings. The first-order valence-electron chi connectivity index (χ1n) is 8.50. The van der Waals surface area contributed by atoms with Crippen LogP contribution in [-0.2, 0) is 22.4 Å². The molecule has 0 atom stereocenters. The van der Waals surface area contributed by atoms with Crippen molar-refractivity contribution in [2.24, 2.45) is 0 Å². The highest BCUT2D eigenvalue weighted by Crippen LogP contribution is 2.28. The van der Waals surface area contributed by atoms with Gasteiger partial charge in [0.2, 0.25) is 0 Å². The Morgan fingerprint density at radius 3 is 1.60 bits per heavy atom. The molecule has 0 aliphatic heterocycles. The van der Waals surface area contributed by atoms with E-state index in [-0.39, 0.29) is 12.8 Å². The van der Waals surface area contributed by atoms with E-state index in [2.05, 4.69) is 17.1 Å². The number of H-pyrrole nitrogens is 1. The topological polar surface area (TPSA) is 90.4 Å². The Hall–Kier alpha value is -2.82. The van der Waals surface area contributed by atoms with Gasteiger partial charge in [0.1, 0.15) is 0 Å². The van der Waals surface area contributed by atoms with E-state index in [0.29, 0.717) is 12.8 Å². The van der Waals surface area contributed by atoms with Crippen molar-refractivity contribution in [3.05, 3.63) is 47.5 Å². The maximum Gasteiger partial charge on any atom is 0.303 e. The Morgan fingerprint density at radius 2 is 1.20 bits per heavy atom. The van der Waals surface area contributed by atoms with Crippen molar-refractivity contribution in [3.63, 3.8) is 0 Å². The van der Waals surface area contributed by atoms with Crippen molar-refractivity contribution < 1.29 is 19.8 Å². The van der Waals surface area contributed by atoms with Gasteiger partial charge >= 0.3 is 11.9 Å². The van der Waals surface area contributed by atoms with Gasteiger partial charge in [0.05, 0.1) is 0 Å². The number of aromatic amines is 1.